The summed E-state index contributed by atoms with van der Waals surface area (Å²) >= 11 is 3.39. The minimum Gasteiger partial charge on any atom is -0.421 e. The molecule has 0 atom stereocenters. The third-order valence-electron chi connectivity index (χ3n) is 4.35. The van der Waals surface area contributed by atoms with Crippen molar-refractivity contribution < 1.29 is 9.21 Å². The molecule has 0 aromatic carbocycles. The number of hydrogen-bond donors (Lipinski definition) is 1. The summed E-state index contributed by atoms with van der Waals surface area (Å²) in [4.78, 5) is 18.2. The lowest BCUT2D eigenvalue weighted by atomic mass is 10.0. The molecule has 3 aromatic heterocycles. The van der Waals surface area contributed by atoms with E-state index in [4.69, 9.17) is 9.40 Å². The van der Waals surface area contributed by atoms with Gasteiger partial charge in [-0.1, -0.05) is 0 Å². The molecule has 8 heteroatoms. The lowest BCUT2D eigenvalue weighted by Gasteiger charge is -2.06. The van der Waals surface area contributed by atoms with E-state index < -0.39 is 0 Å². The van der Waals surface area contributed by atoms with Gasteiger partial charge in [0.25, 0.3) is 0 Å². The Balaban J connectivity index is 1.20. The summed E-state index contributed by atoms with van der Waals surface area (Å²) in [6, 6.07) is 1.94. The molecule has 136 valence electrons. The number of thiophene rings is 1. The second-order valence-corrected chi connectivity index (χ2v) is 8.25. The van der Waals surface area contributed by atoms with E-state index in [1.54, 1.807) is 22.7 Å². The van der Waals surface area contributed by atoms with E-state index in [0.717, 1.165) is 29.8 Å². The van der Waals surface area contributed by atoms with Crippen molar-refractivity contribution in [3.8, 4) is 11.5 Å². The highest BCUT2D eigenvalue weighted by atomic mass is 32.1. The van der Waals surface area contributed by atoms with E-state index in [2.05, 4.69) is 15.5 Å². The molecule has 4 rings (SSSR count). The van der Waals surface area contributed by atoms with Crippen molar-refractivity contribution in [2.24, 2.45) is 0 Å². The van der Waals surface area contributed by atoms with Crippen LogP contribution in [0.25, 0.3) is 11.5 Å². The van der Waals surface area contributed by atoms with Gasteiger partial charge < -0.3 is 9.73 Å². The Labute approximate surface area is 159 Å². The van der Waals surface area contributed by atoms with Gasteiger partial charge in [0.2, 0.25) is 17.7 Å². The summed E-state index contributed by atoms with van der Waals surface area (Å²) in [5.74, 6) is 1.00. The fourth-order valence-corrected chi connectivity index (χ4v) is 4.77. The van der Waals surface area contributed by atoms with E-state index >= 15 is 0 Å². The van der Waals surface area contributed by atoms with Crippen LogP contribution in [0.5, 0.6) is 0 Å². The van der Waals surface area contributed by atoms with E-state index in [-0.39, 0.29) is 5.91 Å². The second-order valence-electron chi connectivity index (χ2n) is 6.30. The van der Waals surface area contributed by atoms with Crippen LogP contribution in [0, 0.1) is 0 Å². The summed E-state index contributed by atoms with van der Waals surface area (Å²) in [5.41, 5.74) is 2.20. The number of thiazole rings is 1. The molecule has 0 saturated carbocycles. The van der Waals surface area contributed by atoms with Gasteiger partial charge in [-0.2, -0.15) is 11.3 Å². The molecular formula is C18H20N4O2S2. The Morgan fingerprint density at radius 3 is 3.00 bits per heavy atom. The van der Waals surface area contributed by atoms with Crippen LogP contribution in [-0.2, 0) is 30.5 Å². The Bertz CT molecular complexity index is 846. The van der Waals surface area contributed by atoms with Crippen LogP contribution in [-0.4, -0.2) is 27.6 Å². The zero-order valence-electron chi connectivity index (χ0n) is 14.4. The number of rotatable bonds is 7. The lowest BCUT2D eigenvalue weighted by Crippen LogP contribution is -2.25. The van der Waals surface area contributed by atoms with Crippen molar-refractivity contribution in [2.75, 3.05) is 6.54 Å². The molecule has 0 spiro atoms. The highest BCUT2D eigenvalue weighted by molar-refractivity contribution is 7.11. The molecule has 26 heavy (non-hydrogen) atoms. The first kappa shape index (κ1) is 17.4. The van der Waals surface area contributed by atoms with Crippen molar-refractivity contribution in [3.63, 3.8) is 0 Å². The standard InChI is InChI=1S/C18H20N4O2S2/c23-15(5-6-16-21-22-18(24-16)12-8-10-25-11-12)19-9-7-17-20-13-3-1-2-4-14(13)26-17/h8,10-11H,1-7,9H2,(H,19,23). The van der Waals surface area contributed by atoms with E-state index in [0.29, 0.717) is 31.2 Å². The summed E-state index contributed by atoms with van der Waals surface area (Å²) in [6.45, 7) is 0.620. The molecule has 0 saturated heterocycles. The molecule has 0 radical (unpaired) electrons. The summed E-state index contributed by atoms with van der Waals surface area (Å²) < 4.78 is 5.59. The van der Waals surface area contributed by atoms with Gasteiger partial charge in [0, 0.05) is 41.6 Å². The quantitative estimate of drug-likeness (QED) is 0.671. The van der Waals surface area contributed by atoms with Gasteiger partial charge in [0.15, 0.2) is 0 Å². The fraction of sp³-hybridized carbons (Fsp3) is 0.444. The molecule has 3 aromatic rings. The summed E-state index contributed by atoms with van der Waals surface area (Å²) in [7, 11) is 0. The first-order valence-corrected chi connectivity index (χ1v) is 10.6. The maximum atomic E-state index is 12.0. The number of nitrogens with one attached hydrogen (secondary N) is 1. The van der Waals surface area contributed by atoms with Crippen LogP contribution in [0.3, 0.4) is 0 Å². The van der Waals surface area contributed by atoms with Crippen LogP contribution in [0.15, 0.2) is 21.2 Å². The predicted molar refractivity (Wildman–Crippen MR) is 101 cm³/mol. The van der Waals surface area contributed by atoms with Crippen LogP contribution >= 0.6 is 22.7 Å². The molecule has 0 aliphatic heterocycles. The van der Waals surface area contributed by atoms with Crippen molar-refractivity contribution in [1.82, 2.24) is 20.5 Å². The van der Waals surface area contributed by atoms with Crippen LogP contribution < -0.4 is 5.32 Å². The fourth-order valence-electron chi connectivity index (χ4n) is 2.99. The van der Waals surface area contributed by atoms with Gasteiger partial charge >= 0.3 is 0 Å². The van der Waals surface area contributed by atoms with Crippen molar-refractivity contribution in [1.29, 1.82) is 0 Å². The van der Waals surface area contributed by atoms with Crippen molar-refractivity contribution in [3.05, 3.63) is 38.3 Å². The number of carbonyl (C=O) groups excluding carboxylic acids is 1. The SMILES string of the molecule is O=C(CCc1nnc(-c2ccsc2)o1)NCCc1nc2c(s1)CCCC2. The Hall–Kier alpha value is -2.06. The molecular weight excluding hydrogens is 368 g/mol. The average Bonchev–Trinajstić information content (AvgIpc) is 3.38. The number of fused-ring (bicyclic) bond motifs is 1. The first-order chi connectivity index (χ1) is 12.8. The number of aromatic nitrogens is 3. The minimum absolute atomic E-state index is 0.00148. The number of nitrogens with zero attached hydrogens (tertiary/aromatic N) is 3. The van der Waals surface area contributed by atoms with Crippen molar-refractivity contribution in [2.45, 2.75) is 44.9 Å². The topological polar surface area (TPSA) is 80.9 Å². The van der Waals surface area contributed by atoms with E-state index in [1.807, 2.05) is 16.8 Å². The smallest absolute Gasteiger partial charge is 0.248 e. The zero-order chi connectivity index (χ0) is 17.8. The van der Waals surface area contributed by atoms with Gasteiger partial charge in [-0.3, -0.25) is 4.79 Å². The minimum atomic E-state index is 0.00148. The van der Waals surface area contributed by atoms with Gasteiger partial charge in [-0.15, -0.1) is 21.5 Å². The highest BCUT2D eigenvalue weighted by Gasteiger charge is 2.15. The molecule has 1 amide bonds. The number of amides is 1. The number of aryl methyl sites for hydroxylation is 3. The summed E-state index contributed by atoms with van der Waals surface area (Å²) in [5, 5.41) is 16.0. The number of carbonyl (C=O) groups is 1. The monoisotopic (exact) mass is 388 g/mol. The van der Waals surface area contributed by atoms with Gasteiger partial charge in [0.05, 0.1) is 10.7 Å². The van der Waals surface area contributed by atoms with E-state index in [9.17, 15) is 4.79 Å². The molecule has 0 fully saturated rings. The normalized spacial score (nSPS) is 13.5. The second kappa shape index (κ2) is 8.09. The third kappa shape index (κ3) is 4.19. The largest absolute Gasteiger partial charge is 0.421 e. The van der Waals surface area contributed by atoms with Gasteiger partial charge in [-0.25, -0.2) is 4.98 Å². The molecule has 1 aliphatic rings. The maximum Gasteiger partial charge on any atom is 0.248 e. The van der Waals surface area contributed by atoms with Gasteiger partial charge in [-0.05, 0) is 37.1 Å². The number of hydrogen-bond acceptors (Lipinski definition) is 7. The first-order valence-electron chi connectivity index (χ1n) is 8.87. The molecule has 0 unspecified atom stereocenters. The Morgan fingerprint density at radius 1 is 1.23 bits per heavy atom. The Kier molecular flexibility index (Phi) is 5.40. The molecule has 6 nitrogen and oxygen atoms in total. The Morgan fingerprint density at radius 2 is 2.15 bits per heavy atom. The van der Waals surface area contributed by atoms with Crippen molar-refractivity contribution >= 4 is 28.6 Å². The highest BCUT2D eigenvalue weighted by Crippen LogP contribution is 2.26. The van der Waals surface area contributed by atoms with Crippen LogP contribution in [0.2, 0.25) is 0 Å². The van der Waals surface area contributed by atoms with Crippen LogP contribution in [0.4, 0.5) is 0 Å². The lowest BCUT2D eigenvalue weighted by molar-refractivity contribution is -0.121. The molecule has 1 aliphatic carbocycles. The predicted octanol–water partition coefficient (Wildman–Crippen LogP) is 3.42. The van der Waals surface area contributed by atoms with E-state index in [1.165, 1.54) is 23.4 Å². The molecule has 0 bridgehead atoms. The van der Waals surface area contributed by atoms with Crippen LogP contribution in [0.1, 0.15) is 40.7 Å². The summed E-state index contributed by atoms with van der Waals surface area (Å²) in [6.07, 6.45) is 6.39. The van der Waals surface area contributed by atoms with Gasteiger partial charge in [0.1, 0.15) is 0 Å². The molecule has 1 N–H and O–H groups in total. The molecule has 3 heterocycles. The zero-order valence-corrected chi connectivity index (χ0v) is 16.0. The average molecular weight is 389 g/mol. The maximum absolute atomic E-state index is 12.0. The third-order valence-corrected chi connectivity index (χ3v) is 6.25.